The Hall–Kier alpha value is -1.93. The minimum atomic E-state index is 0.0261. The first-order chi connectivity index (χ1) is 11.8. The highest BCUT2D eigenvalue weighted by molar-refractivity contribution is 6.02. The number of hydrogen-bond acceptors (Lipinski definition) is 2. The van der Waals surface area contributed by atoms with Crippen LogP contribution in [0.5, 0.6) is 0 Å². The highest BCUT2D eigenvalue weighted by atomic mass is 16.1. The number of nitrogens with zero attached hydrogens (tertiary/aromatic N) is 1. The summed E-state index contributed by atoms with van der Waals surface area (Å²) in [7, 11) is 0. The molecular weight excluding hydrogens is 294 g/mol. The summed E-state index contributed by atoms with van der Waals surface area (Å²) in [5.74, 6) is 0.287. The molecule has 1 heterocycles. The summed E-state index contributed by atoms with van der Waals surface area (Å²) >= 11 is 0. The Balaban J connectivity index is 1.61. The molecule has 2 fully saturated rings. The van der Waals surface area contributed by atoms with Crippen LogP contribution in [0.1, 0.15) is 59.6 Å². The van der Waals surface area contributed by atoms with Crippen LogP contribution in [0.25, 0.3) is 0 Å². The average molecular weight is 319 g/mol. The molecule has 2 heteroatoms. The van der Waals surface area contributed by atoms with Gasteiger partial charge in [-0.25, -0.2) is 0 Å². The number of ketones is 1. The lowest BCUT2D eigenvalue weighted by molar-refractivity contribution is 0.0963. The monoisotopic (exact) mass is 319 g/mol. The topological polar surface area (TPSA) is 20.1 Å². The average Bonchev–Trinajstić information content (AvgIpc) is 3.39. The van der Waals surface area contributed by atoms with Crippen LogP contribution >= 0.6 is 0 Å². The van der Waals surface area contributed by atoms with Crippen molar-refractivity contribution in [3.05, 3.63) is 71.3 Å². The normalized spacial score (nSPS) is 27.0. The maximum Gasteiger partial charge on any atom is 0.181 e. The Kier molecular flexibility index (Phi) is 4.24. The Morgan fingerprint density at radius 1 is 0.917 bits per heavy atom. The molecule has 1 aliphatic heterocycles. The number of Topliss-reactive ketones (excluding diaryl/α,β-unsaturated/α-hetero) is 1. The molecule has 2 aromatic carbocycles. The molecule has 2 nitrogen and oxygen atoms in total. The van der Waals surface area contributed by atoms with Gasteiger partial charge < -0.3 is 0 Å². The van der Waals surface area contributed by atoms with Gasteiger partial charge in [0.15, 0.2) is 5.78 Å². The Morgan fingerprint density at radius 2 is 1.58 bits per heavy atom. The van der Waals surface area contributed by atoms with Gasteiger partial charge in [-0.15, -0.1) is 0 Å². The highest BCUT2D eigenvalue weighted by Gasteiger charge is 2.55. The molecule has 1 unspecified atom stereocenters. The van der Waals surface area contributed by atoms with Crippen LogP contribution in [-0.2, 0) is 0 Å². The van der Waals surface area contributed by atoms with Crippen molar-refractivity contribution in [2.24, 2.45) is 0 Å². The lowest BCUT2D eigenvalue weighted by atomic mass is 9.95. The lowest BCUT2D eigenvalue weighted by Crippen LogP contribution is -2.26. The molecule has 0 N–H and O–H groups in total. The summed E-state index contributed by atoms with van der Waals surface area (Å²) in [6, 6.07) is 19.5. The van der Waals surface area contributed by atoms with Gasteiger partial charge >= 0.3 is 0 Å². The molecule has 24 heavy (non-hydrogen) atoms. The van der Waals surface area contributed by atoms with Gasteiger partial charge in [0.2, 0.25) is 0 Å². The smallest absolute Gasteiger partial charge is 0.181 e. The summed E-state index contributed by atoms with van der Waals surface area (Å²) in [5.41, 5.74) is 3.34. The molecule has 2 aromatic rings. The van der Waals surface area contributed by atoms with Crippen molar-refractivity contribution in [2.75, 3.05) is 0 Å². The van der Waals surface area contributed by atoms with E-state index in [1.54, 1.807) is 0 Å². The predicted octanol–water partition coefficient (Wildman–Crippen LogP) is 4.94. The third kappa shape index (κ3) is 2.91. The predicted molar refractivity (Wildman–Crippen MR) is 97.2 cm³/mol. The molecule has 1 saturated heterocycles. The van der Waals surface area contributed by atoms with Crippen LogP contribution in [0.2, 0.25) is 0 Å². The first-order valence-corrected chi connectivity index (χ1v) is 9.19. The number of hydrogen-bond donors (Lipinski definition) is 0. The highest BCUT2D eigenvalue weighted by Crippen LogP contribution is 2.49. The van der Waals surface area contributed by atoms with Crippen LogP contribution in [0, 0.1) is 6.92 Å². The van der Waals surface area contributed by atoms with Crippen LogP contribution in [-0.4, -0.2) is 22.8 Å². The second-order valence-electron chi connectivity index (χ2n) is 7.27. The van der Waals surface area contributed by atoms with Crippen molar-refractivity contribution in [2.45, 2.75) is 57.2 Å². The van der Waals surface area contributed by atoms with Gasteiger partial charge in [0, 0.05) is 11.6 Å². The van der Waals surface area contributed by atoms with Gasteiger partial charge in [0.25, 0.3) is 0 Å². The standard InChI is InChI=1S/C22H25NO/c1-16-12-14-18(15-13-16)22(24)21-20(17-8-4-2-5-9-17)23(21)19-10-6-3-7-11-19/h2,4-5,8-9,12-15,19-21H,3,6-7,10-11H2,1H3/t20-,21+,23?/m0/s1. The molecule has 2 aliphatic rings. The Morgan fingerprint density at radius 3 is 2.25 bits per heavy atom. The van der Waals surface area contributed by atoms with Gasteiger partial charge in [0.05, 0.1) is 12.1 Å². The third-order valence-corrected chi connectivity index (χ3v) is 5.59. The van der Waals surface area contributed by atoms with Crippen molar-refractivity contribution >= 4 is 5.78 Å². The summed E-state index contributed by atoms with van der Waals surface area (Å²) < 4.78 is 0. The molecule has 0 bridgehead atoms. The molecule has 1 aliphatic carbocycles. The molecule has 0 aromatic heterocycles. The van der Waals surface area contributed by atoms with Crippen LogP contribution in [0.15, 0.2) is 54.6 Å². The summed E-state index contributed by atoms with van der Waals surface area (Å²) in [6.07, 6.45) is 6.42. The molecule has 3 atom stereocenters. The van der Waals surface area contributed by atoms with Gasteiger partial charge in [-0.05, 0) is 25.3 Å². The van der Waals surface area contributed by atoms with E-state index in [2.05, 4.69) is 36.1 Å². The fourth-order valence-corrected chi connectivity index (χ4v) is 4.25. The van der Waals surface area contributed by atoms with Crippen molar-refractivity contribution in [3.63, 3.8) is 0 Å². The zero-order valence-corrected chi connectivity index (χ0v) is 14.3. The molecular formula is C22H25NO. The fourth-order valence-electron chi connectivity index (χ4n) is 4.25. The molecule has 124 valence electrons. The van der Waals surface area contributed by atoms with E-state index >= 15 is 0 Å². The summed E-state index contributed by atoms with van der Waals surface area (Å²) in [5, 5.41) is 0. The zero-order valence-electron chi connectivity index (χ0n) is 14.3. The van der Waals surface area contributed by atoms with E-state index in [9.17, 15) is 4.79 Å². The SMILES string of the molecule is Cc1ccc(C(=O)[C@H]2[C@H](c3ccccc3)N2C2CCCCC2)cc1. The van der Waals surface area contributed by atoms with E-state index in [0.717, 1.165) is 5.56 Å². The molecule has 1 saturated carbocycles. The number of rotatable bonds is 4. The van der Waals surface area contributed by atoms with Crippen LogP contribution in [0.4, 0.5) is 0 Å². The fraction of sp³-hybridized carbons (Fsp3) is 0.409. The van der Waals surface area contributed by atoms with Crippen molar-refractivity contribution in [1.29, 1.82) is 0 Å². The van der Waals surface area contributed by atoms with Gasteiger partial charge in [0.1, 0.15) is 0 Å². The minimum absolute atomic E-state index is 0.0261. The third-order valence-electron chi connectivity index (χ3n) is 5.59. The van der Waals surface area contributed by atoms with E-state index in [4.69, 9.17) is 0 Å². The summed E-state index contributed by atoms with van der Waals surface area (Å²) in [4.78, 5) is 15.6. The largest absolute Gasteiger partial charge is 0.292 e. The van der Waals surface area contributed by atoms with E-state index < -0.39 is 0 Å². The Labute approximate surface area is 144 Å². The second-order valence-corrected chi connectivity index (χ2v) is 7.27. The van der Waals surface area contributed by atoms with Gasteiger partial charge in [-0.1, -0.05) is 79.4 Å². The van der Waals surface area contributed by atoms with E-state index in [0.29, 0.717) is 6.04 Å². The zero-order chi connectivity index (χ0) is 16.5. The van der Waals surface area contributed by atoms with E-state index in [-0.39, 0.29) is 17.9 Å². The quantitative estimate of drug-likeness (QED) is 0.588. The maximum atomic E-state index is 13.1. The van der Waals surface area contributed by atoms with Crippen molar-refractivity contribution in [1.82, 2.24) is 4.90 Å². The van der Waals surface area contributed by atoms with Crippen LogP contribution < -0.4 is 0 Å². The Bertz CT molecular complexity index is 701. The molecule has 0 spiro atoms. The van der Waals surface area contributed by atoms with Crippen molar-refractivity contribution in [3.8, 4) is 0 Å². The summed E-state index contributed by atoms with van der Waals surface area (Å²) in [6.45, 7) is 2.06. The molecule has 0 amide bonds. The second kappa shape index (κ2) is 6.52. The van der Waals surface area contributed by atoms with E-state index in [1.807, 2.05) is 30.3 Å². The lowest BCUT2D eigenvalue weighted by Gasteiger charge is -2.24. The van der Waals surface area contributed by atoms with Gasteiger partial charge in [-0.2, -0.15) is 0 Å². The molecule has 0 radical (unpaired) electrons. The number of carbonyl (C=O) groups is 1. The first-order valence-electron chi connectivity index (χ1n) is 9.19. The van der Waals surface area contributed by atoms with E-state index in [1.165, 1.54) is 43.2 Å². The minimum Gasteiger partial charge on any atom is -0.292 e. The van der Waals surface area contributed by atoms with Crippen molar-refractivity contribution < 1.29 is 4.79 Å². The first kappa shape index (κ1) is 15.6. The molecule has 4 rings (SSSR count). The number of aryl methyl sites for hydroxylation is 1. The number of carbonyl (C=O) groups excluding carboxylic acids is 1. The maximum absolute atomic E-state index is 13.1. The number of benzene rings is 2. The van der Waals surface area contributed by atoms with Crippen LogP contribution in [0.3, 0.4) is 0 Å². The van der Waals surface area contributed by atoms with Gasteiger partial charge in [-0.3, -0.25) is 9.69 Å².